The van der Waals surface area contributed by atoms with Gasteiger partial charge in [-0.05, 0) is 70.3 Å². The van der Waals surface area contributed by atoms with Crippen LogP contribution in [0, 0.1) is 5.41 Å². The SMILES string of the molecule is CC(C)(C)OC(=O)N1CC2(CCN(CCc3ccc(-c4cc5c(N6CCC(F)(F)CC6)ncnc5[nH]4)cc3)CC2)C1. The predicted octanol–water partition coefficient (Wildman–Crippen LogP) is 5.74. The Labute approximate surface area is 240 Å². The van der Waals surface area contributed by atoms with Gasteiger partial charge in [0.05, 0.1) is 5.39 Å². The van der Waals surface area contributed by atoms with E-state index in [0.717, 1.165) is 74.3 Å². The molecular weight excluding hydrogens is 526 g/mol. The summed E-state index contributed by atoms with van der Waals surface area (Å²) in [6, 6.07) is 10.6. The lowest BCUT2D eigenvalue weighted by atomic mass is 9.72. The number of fused-ring (bicyclic) bond motifs is 1. The molecule has 2 aromatic heterocycles. The van der Waals surface area contributed by atoms with Gasteiger partial charge in [0.25, 0.3) is 5.92 Å². The van der Waals surface area contributed by atoms with E-state index in [9.17, 15) is 13.6 Å². The highest BCUT2D eigenvalue weighted by Gasteiger charge is 2.47. The van der Waals surface area contributed by atoms with E-state index in [1.54, 1.807) is 0 Å². The van der Waals surface area contributed by atoms with Crippen LogP contribution in [0.4, 0.5) is 19.4 Å². The highest BCUT2D eigenvalue weighted by molar-refractivity contribution is 5.92. The lowest BCUT2D eigenvalue weighted by molar-refractivity contribution is -0.0590. The number of nitrogens with one attached hydrogen (secondary N) is 1. The molecule has 1 aromatic carbocycles. The lowest BCUT2D eigenvalue weighted by Gasteiger charge is -2.53. The molecule has 3 aromatic rings. The average Bonchev–Trinajstić information content (AvgIpc) is 3.35. The van der Waals surface area contributed by atoms with Crippen molar-refractivity contribution in [3.8, 4) is 11.3 Å². The summed E-state index contributed by atoms with van der Waals surface area (Å²) in [6.07, 6.45) is 4.23. The quantitative estimate of drug-likeness (QED) is 0.425. The number of halogens is 2. The second-order valence-corrected chi connectivity index (χ2v) is 13.1. The van der Waals surface area contributed by atoms with Gasteiger partial charge in [0, 0.05) is 56.7 Å². The van der Waals surface area contributed by atoms with Crippen molar-refractivity contribution >= 4 is 22.9 Å². The van der Waals surface area contributed by atoms with E-state index in [-0.39, 0.29) is 37.4 Å². The Hall–Kier alpha value is -3.27. The van der Waals surface area contributed by atoms with Gasteiger partial charge < -0.3 is 24.4 Å². The van der Waals surface area contributed by atoms with Gasteiger partial charge in [0.2, 0.25) is 0 Å². The molecule has 3 fully saturated rings. The molecule has 41 heavy (non-hydrogen) atoms. The minimum atomic E-state index is -2.59. The number of amides is 1. The second kappa shape index (κ2) is 10.5. The van der Waals surface area contributed by atoms with E-state index in [2.05, 4.69) is 44.1 Å². The fourth-order valence-corrected chi connectivity index (χ4v) is 6.30. The van der Waals surface area contributed by atoms with Gasteiger partial charge in [-0.15, -0.1) is 0 Å². The van der Waals surface area contributed by atoms with Crippen LogP contribution in [-0.4, -0.2) is 88.2 Å². The number of hydrogen-bond donors (Lipinski definition) is 1. The van der Waals surface area contributed by atoms with Gasteiger partial charge in [0.1, 0.15) is 23.4 Å². The minimum Gasteiger partial charge on any atom is -0.444 e. The van der Waals surface area contributed by atoms with E-state index in [4.69, 9.17) is 4.74 Å². The maximum atomic E-state index is 13.7. The molecule has 3 aliphatic heterocycles. The van der Waals surface area contributed by atoms with Crippen molar-refractivity contribution in [1.82, 2.24) is 24.8 Å². The van der Waals surface area contributed by atoms with Crippen LogP contribution in [0.25, 0.3) is 22.3 Å². The number of H-pyrrole nitrogens is 1. The number of piperidine rings is 2. The third-order valence-corrected chi connectivity index (χ3v) is 8.80. The highest BCUT2D eigenvalue weighted by Crippen LogP contribution is 2.41. The first kappa shape index (κ1) is 27.9. The number of anilines is 1. The number of benzene rings is 1. The third-order valence-electron chi connectivity index (χ3n) is 8.80. The van der Waals surface area contributed by atoms with Crippen LogP contribution >= 0.6 is 0 Å². The van der Waals surface area contributed by atoms with Gasteiger partial charge in [-0.25, -0.2) is 23.5 Å². The number of alkyl halides is 2. The van der Waals surface area contributed by atoms with Crippen LogP contribution in [0.3, 0.4) is 0 Å². The van der Waals surface area contributed by atoms with Gasteiger partial charge >= 0.3 is 6.09 Å². The molecule has 3 saturated heterocycles. The summed E-state index contributed by atoms with van der Waals surface area (Å²) in [5, 5.41) is 0.861. The summed E-state index contributed by atoms with van der Waals surface area (Å²) < 4.78 is 32.9. The summed E-state index contributed by atoms with van der Waals surface area (Å²) in [4.78, 5) is 30.8. The number of carbonyl (C=O) groups is 1. The molecule has 10 heteroatoms. The summed E-state index contributed by atoms with van der Waals surface area (Å²) in [7, 11) is 0. The monoisotopic (exact) mass is 566 g/mol. The number of aromatic amines is 1. The zero-order valence-electron chi connectivity index (χ0n) is 24.3. The van der Waals surface area contributed by atoms with Crippen molar-refractivity contribution in [2.24, 2.45) is 5.41 Å². The number of nitrogens with zero attached hydrogens (tertiary/aromatic N) is 5. The Bertz CT molecular complexity index is 1370. The lowest BCUT2D eigenvalue weighted by Crippen LogP contribution is -2.62. The van der Waals surface area contributed by atoms with Crippen molar-refractivity contribution < 1.29 is 18.3 Å². The maximum Gasteiger partial charge on any atom is 0.410 e. The summed E-state index contributed by atoms with van der Waals surface area (Å²) in [5.41, 5.74) is 3.82. The average molecular weight is 567 g/mol. The van der Waals surface area contributed by atoms with Crippen LogP contribution in [-0.2, 0) is 11.2 Å². The third kappa shape index (κ3) is 6.17. The summed E-state index contributed by atoms with van der Waals surface area (Å²) >= 11 is 0. The Morgan fingerprint density at radius 1 is 1.00 bits per heavy atom. The molecule has 1 amide bonds. The van der Waals surface area contributed by atoms with Gasteiger partial charge in [-0.2, -0.15) is 0 Å². The highest BCUT2D eigenvalue weighted by atomic mass is 19.3. The van der Waals surface area contributed by atoms with Gasteiger partial charge in [0.15, 0.2) is 0 Å². The molecule has 0 saturated carbocycles. The molecule has 0 unspecified atom stereocenters. The van der Waals surface area contributed by atoms with E-state index in [1.807, 2.05) is 36.6 Å². The van der Waals surface area contributed by atoms with Crippen molar-refractivity contribution in [3.63, 3.8) is 0 Å². The summed E-state index contributed by atoms with van der Waals surface area (Å²) in [6.45, 7) is 11.1. The van der Waals surface area contributed by atoms with E-state index in [0.29, 0.717) is 5.82 Å². The molecule has 3 aliphatic rings. The smallest absolute Gasteiger partial charge is 0.410 e. The number of aromatic nitrogens is 3. The fourth-order valence-electron chi connectivity index (χ4n) is 6.30. The molecule has 1 spiro atoms. The van der Waals surface area contributed by atoms with Crippen LogP contribution in [0.15, 0.2) is 36.7 Å². The molecule has 220 valence electrons. The number of carbonyl (C=O) groups excluding carboxylic acids is 1. The predicted molar refractivity (Wildman–Crippen MR) is 155 cm³/mol. The van der Waals surface area contributed by atoms with Crippen LogP contribution in [0.1, 0.15) is 52.0 Å². The van der Waals surface area contributed by atoms with Crippen molar-refractivity contribution in [1.29, 1.82) is 0 Å². The van der Waals surface area contributed by atoms with E-state index < -0.39 is 11.5 Å². The molecule has 0 radical (unpaired) electrons. The molecular formula is C31H40F2N6O2. The molecule has 0 bridgehead atoms. The molecule has 1 N–H and O–H groups in total. The molecule has 0 atom stereocenters. The zero-order chi connectivity index (χ0) is 28.8. The van der Waals surface area contributed by atoms with Crippen LogP contribution < -0.4 is 4.90 Å². The van der Waals surface area contributed by atoms with Gasteiger partial charge in [-0.1, -0.05) is 24.3 Å². The van der Waals surface area contributed by atoms with Gasteiger partial charge in [-0.3, -0.25) is 0 Å². The molecule has 0 aliphatic carbocycles. The Balaban J connectivity index is 1.01. The van der Waals surface area contributed by atoms with Crippen LogP contribution in [0.2, 0.25) is 0 Å². The normalized spacial score (nSPS) is 20.8. The Morgan fingerprint density at radius 3 is 2.34 bits per heavy atom. The number of rotatable bonds is 5. The first-order valence-corrected chi connectivity index (χ1v) is 14.7. The molecule has 5 heterocycles. The second-order valence-electron chi connectivity index (χ2n) is 13.1. The van der Waals surface area contributed by atoms with E-state index >= 15 is 0 Å². The topological polar surface area (TPSA) is 77.6 Å². The fraction of sp³-hybridized carbons (Fsp3) is 0.581. The maximum absolute atomic E-state index is 13.7. The first-order valence-electron chi connectivity index (χ1n) is 14.7. The van der Waals surface area contributed by atoms with Crippen LogP contribution in [0.5, 0.6) is 0 Å². The van der Waals surface area contributed by atoms with Crippen molar-refractivity contribution in [2.75, 3.05) is 50.7 Å². The standard InChI is InChI=1S/C31H40F2N6O2/c1-29(2,3)41-28(40)39-19-30(20-39)9-14-37(15-10-30)13-8-22-4-6-23(7-5-22)25-18-24-26(36-25)34-21-35-27(24)38-16-11-31(32,33)12-17-38/h4-7,18,21H,8-17,19-20H2,1-3H3,(H,34,35,36). The van der Waals surface area contributed by atoms with E-state index in [1.165, 1.54) is 11.9 Å². The number of hydrogen-bond acceptors (Lipinski definition) is 6. The summed E-state index contributed by atoms with van der Waals surface area (Å²) in [5.74, 6) is -1.88. The van der Waals surface area contributed by atoms with Crippen molar-refractivity contribution in [2.45, 2.75) is 64.4 Å². The molecule has 6 rings (SSSR count). The first-order chi connectivity index (χ1) is 19.5. The Kier molecular flexibility index (Phi) is 7.16. The zero-order valence-corrected chi connectivity index (χ0v) is 24.3. The molecule has 8 nitrogen and oxygen atoms in total. The Morgan fingerprint density at radius 2 is 1.68 bits per heavy atom. The number of likely N-dealkylation sites (tertiary alicyclic amines) is 2. The minimum absolute atomic E-state index is 0.151. The number of ether oxygens (including phenoxy) is 1. The largest absolute Gasteiger partial charge is 0.444 e. The van der Waals surface area contributed by atoms with Crippen molar-refractivity contribution in [3.05, 3.63) is 42.2 Å².